The molecule has 1 saturated heterocycles. The van der Waals surface area contributed by atoms with Crippen LogP contribution in [0.3, 0.4) is 0 Å². The van der Waals surface area contributed by atoms with Crippen LogP contribution in [0.5, 0.6) is 11.5 Å². The number of thioether (sulfide) groups is 1. The summed E-state index contributed by atoms with van der Waals surface area (Å²) >= 11 is 1.78. The molecule has 2 aromatic rings. The number of hydrogen-bond donors (Lipinski definition) is 0. The number of para-hydroxylation sites is 1. The molecule has 23 heavy (non-hydrogen) atoms. The van der Waals surface area contributed by atoms with Crippen molar-refractivity contribution < 1.29 is 14.3 Å². The van der Waals surface area contributed by atoms with Gasteiger partial charge < -0.3 is 14.4 Å². The van der Waals surface area contributed by atoms with Gasteiger partial charge in [-0.1, -0.05) is 42.5 Å². The summed E-state index contributed by atoms with van der Waals surface area (Å²) in [4.78, 5) is 14.5. The highest BCUT2D eigenvalue weighted by Gasteiger charge is 2.33. The minimum atomic E-state index is -0.0342. The summed E-state index contributed by atoms with van der Waals surface area (Å²) < 4.78 is 11.1. The van der Waals surface area contributed by atoms with Gasteiger partial charge in [-0.05, 0) is 11.6 Å². The summed E-state index contributed by atoms with van der Waals surface area (Å²) in [5, 5.41) is -0.0342. The normalized spacial score (nSPS) is 19.9. The molecule has 0 N–H and O–H groups in total. The van der Waals surface area contributed by atoms with Crippen LogP contribution in [-0.2, 0) is 11.3 Å². The van der Waals surface area contributed by atoms with Crippen molar-refractivity contribution in [1.29, 1.82) is 0 Å². The Morgan fingerprint density at radius 1 is 1.09 bits per heavy atom. The number of benzene rings is 2. The molecule has 2 aliphatic rings. The first-order chi connectivity index (χ1) is 11.3. The molecule has 2 aromatic carbocycles. The smallest absolute Gasteiger partial charge is 0.231 e. The molecule has 0 saturated carbocycles. The second kappa shape index (κ2) is 6.16. The van der Waals surface area contributed by atoms with Gasteiger partial charge >= 0.3 is 0 Å². The minimum absolute atomic E-state index is 0.0342. The second-order valence-corrected chi connectivity index (χ2v) is 6.75. The van der Waals surface area contributed by atoms with Crippen molar-refractivity contribution in [3.05, 3.63) is 59.7 Å². The standard InChI is InChI=1S/C18H17NO3S/c20-16-9-10-23-18(19(16)11-13-5-2-1-3-6-13)14-7-4-8-15-17(14)22-12-21-15/h1-8,18H,9-12H2. The van der Waals surface area contributed by atoms with E-state index in [2.05, 4.69) is 12.1 Å². The average molecular weight is 327 g/mol. The lowest BCUT2D eigenvalue weighted by Gasteiger charge is -2.35. The third-order valence-electron chi connectivity index (χ3n) is 4.08. The number of carbonyl (C=O) groups excluding carboxylic acids is 1. The maximum absolute atomic E-state index is 12.5. The number of hydrogen-bond acceptors (Lipinski definition) is 4. The lowest BCUT2D eigenvalue weighted by molar-refractivity contribution is -0.132. The van der Waals surface area contributed by atoms with Gasteiger partial charge in [-0.15, -0.1) is 11.8 Å². The quantitative estimate of drug-likeness (QED) is 0.864. The molecule has 1 amide bonds. The first kappa shape index (κ1) is 14.5. The molecule has 1 atom stereocenters. The number of amides is 1. The molecule has 2 heterocycles. The minimum Gasteiger partial charge on any atom is -0.454 e. The van der Waals surface area contributed by atoms with Crippen molar-refractivity contribution in [2.45, 2.75) is 18.3 Å². The fraction of sp³-hybridized carbons (Fsp3) is 0.278. The summed E-state index contributed by atoms with van der Waals surface area (Å²) in [7, 11) is 0. The molecule has 0 radical (unpaired) electrons. The van der Waals surface area contributed by atoms with Gasteiger partial charge in [-0.3, -0.25) is 4.79 Å². The van der Waals surface area contributed by atoms with Crippen LogP contribution >= 0.6 is 11.8 Å². The van der Waals surface area contributed by atoms with Crippen LogP contribution < -0.4 is 9.47 Å². The van der Waals surface area contributed by atoms with Gasteiger partial charge in [0.05, 0.1) is 0 Å². The zero-order chi connectivity index (χ0) is 15.6. The van der Waals surface area contributed by atoms with E-state index in [4.69, 9.17) is 9.47 Å². The van der Waals surface area contributed by atoms with Crippen LogP contribution in [0.25, 0.3) is 0 Å². The monoisotopic (exact) mass is 327 g/mol. The van der Waals surface area contributed by atoms with Gasteiger partial charge in [0.15, 0.2) is 11.5 Å². The number of rotatable bonds is 3. The van der Waals surface area contributed by atoms with Crippen LogP contribution in [-0.4, -0.2) is 23.4 Å². The summed E-state index contributed by atoms with van der Waals surface area (Å²) in [6, 6.07) is 16.0. The Bertz CT molecular complexity index is 719. The van der Waals surface area contributed by atoms with Gasteiger partial charge in [0.2, 0.25) is 12.7 Å². The van der Waals surface area contributed by atoms with Crippen molar-refractivity contribution in [2.75, 3.05) is 12.5 Å². The SMILES string of the molecule is O=C1CCSC(c2cccc3c2OCO3)N1Cc1ccccc1. The van der Waals surface area contributed by atoms with Crippen LogP contribution in [0.2, 0.25) is 0 Å². The summed E-state index contributed by atoms with van der Waals surface area (Å²) in [5.74, 6) is 2.56. The molecule has 5 heteroatoms. The maximum Gasteiger partial charge on any atom is 0.231 e. The van der Waals surface area contributed by atoms with Crippen LogP contribution in [0, 0.1) is 0 Å². The summed E-state index contributed by atoms with van der Waals surface area (Å²) in [6.07, 6.45) is 0.584. The van der Waals surface area contributed by atoms with Gasteiger partial charge in [-0.2, -0.15) is 0 Å². The van der Waals surface area contributed by atoms with E-state index < -0.39 is 0 Å². The second-order valence-electron chi connectivity index (χ2n) is 5.56. The molecule has 0 bridgehead atoms. The lowest BCUT2D eigenvalue weighted by Crippen LogP contribution is -2.36. The molecular formula is C18H17NO3S. The fourth-order valence-electron chi connectivity index (χ4n) is 2.98. The zero-order valence-corrected chi connectivity index (χ0v) is 13.4. The average Bonchev–Trinajstić information content (AvgIpc) is 3.06. The van der Waals surface area contributed by atoms with Crippen molar-refractivity contribution in [1.82, 2.24) is 4.90 Å². The molecule has 0 spiro atoms. The van der Waals surface area contributed by atoms with E-state index in [-0.39, 0.29) is 18.1 Å². The summed E-state index contributed by atoms with van der Waals surface area (Å²) in [5.41, 5.74) is 2.16. The van der Waals surface area contributed by atoms with E-state index in [1.54, 1.807) is 11.8 Å². The Morgan fingerprint density at radius 3 is 2.83 bits per heavy atom. The van der Waals surface area contributed by atoms with Crippen LogP contribution in [0.4, 0.5) is 0 Å². The third-order valence-corrected chi connectivity index (χ3v) is 5.35. The van der Waals surface area contributed by atoms with E-state index in [1.165, 1.54) is 0 Å². The third kappa shape index (κ3) is 2.77. The number of fused-ring (bicyclic) bond motifs is 1. The molecule has 1 fully saturated rings. The first-order valence-corrected chi connectivity index (χ1v) is 8.71. The van der Waals surface area contributed by atoms with Crippen molar-refractivity contribution in [3.63, 3.8) is 0 Å². The van der Waals surface area contributed by atoms with E-state index in [0.717, 1.165) is 28.4 Å². The highest BCUT2D eigenvalue weighted by Crippen LogP contribution is 2.46. The van der Waals surface area contributed by atoms with Gasteiger partial charge in [0.25, 0.3) is 0 Å². The Balaban J connectivity index is 1.68. The number of carbonyl (C=O) groups is 1. The largest absolute Gasteiger partial charge is 0.454 e. The molecule has 4 nitrogen and oxygen atoms in total. The Morgan fingerprint density at radius 2 is 1.96 bits per heavy atom. The van der Waals surface area contributed by atoms with Crippen LogP contribution in [0.1, 0.15) is 22.9 Å². The lowest BCUT2D eigenvalue weighted by atomic mass is 10.1. The first-order valence-electron chi connectivity index (χ1n) is 7.66. The summed E-state index contributed by atoms with van der Waals surface area (Å²) in [6.45, 7) is 0.859. The Labute approximate surface area is 139 Å². The van der Waals surface area contributed by atoms with Crippen molar-refractivity contribution in [3.8, 4) is 11.5 Å². The molecule has 1 unspecified atom stereocenters. The Kier molecular flexibility index (Phi) is 3.87. The predicted octanol–water partition coefficient (Wildman–Crippen LogP) is 3.58. The number of ether oxygens (including phenoxy) is 2. The molecular weight excluding hydrogens is 310 g/mol. The van der Waals surface area contributed by atoms with E-state index >= 15 is 0 Å². The Hall–Kier alpha value is -2.14. The predicted molar refractivity (Wildman–Crippen MR) is 89.4 cm³/mol. The van der Waals surface area contributed by atoms with Gasteiger partial charge in [-0.25, -0.2) is 0 Å². The van der Waals surface area contributed by atoms with Crippen molar-refractivity contribution in [2.24, 2.45) is 0 Å². The molecule has 0 aromatic heterocycles. The highest BCUT2D eigenvalue weighted by atomic mass is 32.2. The molecule has 118 valence electrons. The molecule has 0 aliphatic carbocycles. The van der Waals surface area contributed by atoms with Crippen LogP contribution in [0.15, 0.2) is 48.5 Å². The molecule has 4 rings (SSSR count). The topological polar surface area (TPSA) is 38.8 Å². The molecule has 2 aliphatic heterocycles. The van der Waals surface area contributed by atoms with E-state index in [9.17, 15) is 4.79 Å². The number of nitrogens with zero attached hydrogens (tertiary/aromatic N) is 1. The van der Waals surface area contributed by atoms with Gasteiger partial charge in [0.1, 0.15) is 5.37 Å². The zero-order valence-electron chi connectivity index (χ0n) is 12.6. The maximum atomic E-state index is 12.5. The highest BCUT2D eigenvalue weighted by molar-refractivity contribution is 7.99. The van der Waals surface area contributed by atoms with E-state index in [1.807, 2.05) is 41.3 Å². The van der Waals surface area contributed by atoms with E-state index in [0.29, 0.717) is 13.0 Å². The fourth-order valence-corrected chi connectivity index (χ4v) is 4.23. The van der Waals surface area contributed by atoms with Crippen molar-refractivity contribution >= 4 is 17.7 Å². The van der Waals surface area contributed by atoms with Gasteiger partial charge in [0, 0.05) is 24.3 Å².